The number of ether oxygens (including phenoxy) is 2. The summed E-state index contributed by atoms with van der Waals surface area (Å²) in [5.41, 5.74) is 6.12. The Bertz CT molecular complexity index is 2590. The molecule has 3 aliphatic rings. The van der Waals surface area contributed by atoms with Crippen LogP contribution in [0.1, 0.15) is 123 Å². The van der Waals surface area contributed by atoms with E-state index >= 15 is 0 Å². The molecule has 342 valence electrons. The first-order valence-electron chi connectivity index (χ1n) is 22.6. The SMILES string of the molecule is Cn1cc(-c2cnn3c(Cl)cc(C4CCCN(C(=O)OC(C)(C)C)C4)nc23)cn1.Cn1cc(-c2cnn3c(NC4CCCCC4)cc(C4CCCN(C(=O)OC(C)(C)C)C4)nc23)cn1. The fraction of sp³-hybridized carbons (Fsp3) is 0.565. The fourth-order valence-electron chi connectivity index (χ4n) is 8.85. The number of nitrogens with one attached hydrogen (secondary N) is 1. The number of halogens is 1. The van der Waals surface area contributed by atoms with E-state index < -0.39 is 11.2 Å². The van der Waals surface area contributed by atoms with Gasteiger partial charge in [-0.3, -0.25) is 9.36 Å². The molecule has 3 fully saturated rings. The zero-order chi connectivity index (χ0) is 45.3. The average molecular weight is 897 g/mol. The van der Waals surface area contributed by atoms with Crippen molar-refractivity contribution in [2.75, 3.05) is 31.5 Å². The monoisotopic (exact) mass is 895 g/mol. The minimum absolute atomic E-state index is 0.0930. The second kappa shape index (κ2) is 18.4. The number of amides is 2. The van der Waals surface area contributed by atoms with Gasteiger partial charge >= 0.3 is 12.2 Å². The number of hydrogen-bond acceptors (Lipinski definition) is 11. The van der Waals surface area contributed by atoms with Crippen LogP contribution in [0.2, 0.25) is 5.15 Å². The molecule has 0 bridgehead atoms. The number of aromatic nitrogens is 10. The third kappa shape index (κ3) is 10.5. The maximum atomic E-state index is 12.8. The first kappa shape index (κ1) is 44.9. The lowest BCUT2D eigenvalue weighted by molar-refractivity contribution is 0.0187. The molecule has 64 heavy (non-hydrogen) atoms. The van der Waals surface area contributed by atoms with Crippen molar-refractivity contribution in [2.45, 2.75) is 128 Å². The van der Waals surface area contributed by atoms with Gasteiger partial charge in [-0.1, -0.05) is 30.9 Å². The van der Waals surface area contributed by atoms with Crippen molar-refractivity contribution < 1.29 is 19.1 Å². The van der Waals surface area contributed by atoms with Gasteiger partial charge in [-0.05, 0) is 86.1 Å². The van der Waals surface area contributed by atoms with Crippen molar-refractivity contribution in [1.82, 2.24) is 58.6 Å². The Morgan fingerprint density at radius 2 is 1.12 bits per heavy atom. The normalized spacial score (nSPS) is 18.8. The molecule has 1 saturated carbocycles. The van der Waals surface area contributed by atoms with Crippen LogP contribution in [-0.4, -0.2) is 114 Å². The summed E-state index contributed by atoms with van der Waals surface area (Å²) in [5, 5.41) is 21.9. The lowest BCUT2D eigenvalue weighted by atomic mass is 9.94. The molecule has 0 radical (unpaired) electrons. The first-order valence-corrected chi connectivity index (χ1v) is 23.0. The Balaban J connectivity index is 0.000000178. The third-order valence-corrected chi connectivity index (χ3v) is 12.2. The number of anilines is 1. The van der Waals surface area contributed by atoms with E-state index in [1.165, 1.54) is 32.1 Å². The van der Waals surface area contributed by atoms with Crippen LogP contribution in [0.5, 0.6) is 0 Å². The fourth-order valence-corrected chi connectivity index (χ4v) is 9.09. The zero-order valence-electron chi connectivity index (χ0n) is 38.4. The quantitative estimate of drug-likeness (QED) is 0.159. The summed E-state index contributed by atoms with van der Waals surface area (Å²) in [6, 6.07) is 4.43. The van der Waals surface area contributed by atoms with E-state index in [1.54, 1.807) is 31.2 Å². The number of nitrogens with zero attached hydrogens (tertiary/aromatic N) is 12. The highest BCUT2D eigenvalue weighted by Gasteiger charge is 2.32. The molecule has 8 heterocycles. The van der Waals surface area contributed by atoms with Gasteiger partial charge in [-0.15, -0.1) is 0 Å². The predicted octanol–water partition coefficient (Wildman–Crippen LogP) is 8.89. The summed E-state index contributed by atoms with van der Waals surface area (Å²) in [6.07, 6.45) is 20.6. The van der Waals surface area contributed by atoms with Crippen LogP contribution in [0.25, 0.3) is 33.5 Å². The number of hydrogen-bond donors (Lipinski definition) is 1. The molecule has 2 aliphatic heterocycles. The van der Waals surface area contributed by atoms with Gasteiger partial charge in [0.15, 0.2) is 11.3 Å². The standard InChI is InChI=1S/C26H37N7O2.C20H25ClN6O2/c1-26(2,3)35-25(34)32-12-8-9-18(17-32)22-13-23(29-20-10-6-5-7-11-20)33-24(30-22)21(15-28-33)19-14-27-31(4)16-19;1-20(2,3)29-19(28)26-7-5-6-13(12-26)16-8-17(21)27-18(24-16)15(10-23-27)14-9-22-25(4)11-14/h13-16,18,20,29H,5-12,17H2,1-4H3;8-11,13H,5-7,12H2,1-4H3. The van der Waals surface area contributed by atoms with Crippen LogP contribution >= 0.6 is 11.6 Å². The number of aryl methyl sites for hydroxylation is 2. The Morgan fingerprint density at radius 1 is 0.641 bits per heavy atom. The maximum Gasteiger partial charge on any atom is 0.410 e. The molecule has 2 atom stereocenters. The van der Waals surface area contributed by atoms with Crippen molar-refractivity contribution >= 4 is 40.9 Å². The highest BCUT2D eigenvalue weighted by Crippen LogP contribution is 2.34. The molecule has 17 nitrogen and oxygen atoms in total. The van der Waals surface area contributed by atoms with Crippen molar-refractivity contribution in [3.05, 3.63) is 65.9 Å². The highest BCUT2D eigenvalue weighted by atomic mass is 35.5. The molecular weight excluding hydrogens is 834 g/mol. The van der Waals surface area contributed by atoms with Crippen molar-refractivity contribution in [2.24, 2.45) is 14.1 Å². The van der Waals surface area contributed by atoms with Gasteiger partial charge in [0.05, 0.1) is 36.2 Å². The minimum Gasteiger partial charge on any atom is -0.444 e. The van der Waals surface area contributed by atoms with Crippen LogP contribution in [0.4, 0.5) is 15.4 Å². The molecule has 1 aliphatic carbocycles. The van der Waals surface area contributed by atoms with Crippen LogP contribution in [0.15, 0.2) is 49.3 Å². The van der Waals surface area contributed by atoms with Gasteiger partial charge in [-0.2, -0.15) is 24.9 Å². The summed E-state index contributed by atoms with van der Waals surface area (Å²) in [5.74, 6) is 1.21. The highest BCUT2D eigenvalue weighted by molar-refractivity contribution is 6.29. The number of carbonyl (C=O) groups is 2. The Hall–Kier alpha value is -5.71. The van der Waals surface area contributed by atoms with Gasteiger partial charge in [0.2, 0.25) is 0 Å². The maximum absolute atomic E-state index is 12.8. The summed E-state index contributed by atoms with van der Waals surface area (Å²) < 4.78 is 18.3. The van der Waals surface area contributed by atoms with Crippen molar-refractivity contribution in [1.29, 1.82) is 0 Å². The molecule has 2 amide bonds. The van der Waals surface area contributed by atoms with Gasteiger partial charge in [-0.25, -0.2) is 24.1 Å². The number of likely N-dealkylation sites (tertiary alicyclic amines) is 2. The molecule has 6 aromatic heterocycles. The lowest BCUT2D eigenvalue weighted by Gasteiger charge is -2.34. The summed E-state index contributed by atoms with van der Waals surface area (Å²) in [4.78, 5) is 38.9. The molecule has 9 rings (SSSR count). The number of piperidine rings is 2. The van der Waals surface area contributed by atoms with Gasteiger partial charge < -0.3 is 24.6 Å². The van der Waals surface area contributed by atoms with Crippen LogP contribution in [-0.2, 0) is 23.6 Å². The molecule has 0 spiro atoms. The molecule has 18 heteroatoms. The van der Waals surface area contributed by atoms with E-state index in [-0.39, 0.29) is 24.0 Å². The largest absolute Gasteiger partial charge is 0.444 e. The third-order valence-electron chi connectivity index (χ3n) is 11.9. The van der Waals surface area contributed by atoms with E-state index in [4.69, 9.17) is 36.1 Å². The van der Waals surface area contributed by atoms with E-state index in [9.17, 15) is 9.59 Å². The first-order chi connectivity index (χ1) is 30.5. The molecule has 1 N–H and O–H groups in total. The molecule has 2 unspecified atom stereocenters. The predicted molar refractivity (Wildman–Crippen MR) is 245 cm³/mol. The molecule has 2 saturated heterocycles. The van der Waals surface area contributed by atoms with E-state index in [2.05, 4.69) is 26.7 Å². The zero-order valence-corrected chi connectivity index (χ0v) is 39.2. The van der Waals surface area contributed by atoms with Gasteiger partial charge in [0.1, 0.15) is 22.2 Å². The number of fused-ring (bicyclic) bond motifs is 2. The number of rotatable bonds is 6. The number of carbonyl (C=O) groups excluding carboxylic acids is 2. The second-order valence-corrected chi connectivity index (χ2v) is 19.9. The van der Waals surface area contributed by atoms with Crippen LogP contribution < -0.4 is 5.32 Å². The van der Waals surface area contributed by atoms with Gasteiger partial charge in [0.25, 0.3) is 0 Å². The molecule has 0 aromatic carbocycles. The van der Waals surface area contributed by atoms with E-state index in [1.807, 2.05) is 95.9 Å². The summed E-state index contributed by atoms with van der Waals surface area (Å²) in [6.45, 7) is 13.9. The lowest BCUT2D eigenvalue weighted by Crippen LogP contribution is -2.42. The molecular formula is C46H62ClN13O4. The summed E-state index contributed by atoms with van der Waals surface area (Å²) >= 11 is 6.51. The Labute approximate surface area is 379 Å². The topological polar surface area (TPSA) is 167 Å². The van der Waals surface area contributed by atoms with Gasteiger partial charge in [0, 0.05) is 98.9 Å². The van der Waals surface area contributed by atoms with Crippen LogP contribution in [0, 0.1) is 0 Å². The Morgan fingerprint density at radius 3 is 1.61 bits per heavy atom. The average Bonchev–Trinajstić information content (AvgIpc) is 4.07. The van der Waals surface area contributed by atoms with E-state index in [0.717, 1.165) is 70.8 Å². The summed E-state index contributed by atoms with van der Waals surface area (Å²) in [7, 11) is 3.78. The van der Waals surface area contributed by atoms with E-state index in [0.29, 0.717) is 43.0 Å². The van der Waals surface area contributed by atoms with Crippen molar-refractivity contribution in [3.8, 4) is 22.3 Å². The molecule has 6 aromatic rings. The van der Waals surface area contributed by atoms with Crippen molar-refractivity contribution in [3.63, 3.8) is 0 Å². The smallest absolute Gasteiger partial charge is 0.410 e. The Kier molecular flexibility index (Phi) is 12.9. The van der Waals surface area contributed by atoms with Crippen LogP contribution in [0.3, 0.4) is 0 Å². The second-order valence-electron chi connectivity index (χ2n) is 19.5. The minimum atomic E-state index is -0.513.